The minimum absolute atomic E-state index is 0.0417. The van der Waals surface area contributed by atoms with Crippen molar-refractivity contribution in [1.29, 1.82) is 0 Å². The summed E-state index contributed by atoms with van der Waals surface area (Å²) in [6.45, 7) is 2.00. The Morgan fingerprint density at radius 2 is 2.24 bits per heavy atom. The second kappa shape index (κ2) is 8.72. The molecule has 1 amide bonds. The first-order chi connectivity index (χ1) is 10.1. The number of aliphatic hydroxyl groups excluding tert-OH is 1. The summed E-state index contributed by atoms with van der Waals surface area (Å²) in [6, 6.07) is 1.56. The molecule has 0 saturated carbocycles. The maximum atomic E-state index is 12.5. The molecule has 21 heavy (non-hydrogen) atoms. The fourth-order valence-electron chi connectivity index (χ4n) is 1.61. The molecule has 6 nitrogen and oxygen atoms in total. The Bertz CT molecular complexity index is 560. The van der Waals surface area contributed by atoms with Gasteiger partial charge in [-0.1, -0.05) is 11.8 Å². The molecule has 1 N–H and O–H groups in total. The molecule has 0 fully saturated rings. The van der Waals surface area contributed by atoms with Crippen molar-refractivity contribution in [1.82, 2.24) is 9.88 Å². The number of pyridine rings is 1. The Morgan fingerprint density at radius 1 is 1.48 bits per heavy atom. The van der Waals surface area contributed by atoms with Gasteiger partial charge in [0.15, 0.2) is 0 Å². The van der Waals surface area contributed by atoms with Gasteiger partial charge in [0, 0.05) is 25.4 Å². The van der Waals surface area contributed by atoms with Crippen molar-refractivity contribution < 1.29 is 19.4 Å². The van der Waals surface area contributed by atoms with E-state index in [0.717, 1.165) is 0 Å². The number of hydrogen-bond donors (Lipinski definition) is 1. The molecule has 1 heterocycles. The first-order valence-electron chi connectivity index (χ1n) is 6.53. The van der Waals surface area contributed by atoms with Crippen molar-refractivity contribution in [3.8, 4) is 11.8 Å². The standard InChI is InChI=1S/C15H18N2O4/c1-3-17(11-14(19)21-2)15(20)13-7-8-16-10-12(13)6-4-5-9-18/h7-8,10,18H,3,5,9,11H2,1-2H3. The second-order valence-corrected chi connectivity index (χ2v) is 4.09. The topological polar surface area (TPSA) is 79.7 Å². The highest BCUT2D eigenvalue weighted by Crippen LogP contribution is 2.10. The van der Waals surface area contributed by atoms with Crippen molar-refractivity contribution in [3.05, 3.63) is 29.6 Å². The van der Waals surface area contributed by atoms with Gasteiger partial charge in [-0.3, -0.25) is 14.6 Å². The third-order valence-electron chi connectivity index (χ3n) is 2.73. The molecule has 1 aromatic heterocycles. The van der Waals surface area contributed by atoms with Crippen LogP contribution in [0.4, 0.5) is 0 Å². The molecule has 0 aliphatic rings. The summed E-state index contributed by atoms with van der Waals surface area (Å²) in [5, 5.41) is 8.73. The SMILES string of the molecule is CCN(CC(=O)OC)C(=O)c1ccncc1C#CCCO. The van der Waals surface area contributed by atoms with Crippen LogP contribution in [0.1, 0.15) is 29.3 Å². The molecule has 1 rings (SSSR count). The molecule has 0 atom stereocenters. The molecular formula is C15H18N2O4. The molecule has 0 unspecified atom stereocenters. The van der Waals surface area contributed by atoms with Gasteiger partial charge in [0.2, 0.25) is 0 Å². The van der Waals surface area contributed by atoms with Gasteiger partial charge in [0.05, 0.1) is 24.8 Å². The zero-order valence-electron chi connectivity index (χ0n) is 12.1. The first-order valence-corrected chi connectivity index (χ1v) is 6.53. The summed E-state index contributed by atoms with van der Waals surface area (Å²) in [5.74, 6) is 4.77. The van der Waals surface area contributed by atoms with Crippen LogP contribution in [-0.4, -0.2) is 53.7 Å². The molecule has 0 saturated heterocycles. The van der Waals surface area contributed by atoms with Crippen molar-refractivity contribution >= 4 is 11.9 Å². The Labute approximate surface area is 123 Å². The Balaban J connectivity index is 3.00. The van der Waals surface area contributed by atoms with Gasteiger partial charge in [0.25, 0.3) is 5.91 Å². The van der Waals surface area contributed by atoms with E-state index in [2.05, 4.69) is 21.6 Å². The molecule has 1 aromatic rings. The first kappa shape index (κ1) is 16.7. The zero-order chi connectivity index (χ0) is 15.7. The van der Waals surface area contributed by atoms with E-state index in [0.29, 0.717) is 24.1 Å². The molecule has 0 radical (unpaired) electrons. The number of amides is 1. The number of carbonyl (C=O) groups excluding carboxylic acids is 2. The lowest BCUT2D eigenvalue weighted by Crippen LogP contribution is -2.36. The molecule has 0 spiro atoms. The summed E-state index contributed by atoms with van der Waals surface area (Å²) >= 11 is 0. The Hall–Kier alpha value is -2.39. The van der Waals surface area contributed by atoms with Crippen LogP contribution >= 0.6 is 0 Å². The summed E-state index contributed by atoms with van der Waals surface area (Å²) in [6.07, 6.45) is 3.31. The van der Waals surface area contributed by atoms with Crippen molar-refractivity contribution in [2.24, 2.45) is 0 Å². The summed E-state index contributed by atoms with van der Waals surface area (Å²) in [4.78, 5) is 29.1. The predicted octanol–water partition coefficient (Wildman–Crippen LogP) is 0.451. The number of hydrogen-bond acceptors (Lipinski definition) is 5. The normalized spacial score (nSPS) is 9.48. The fraction of sp³-hybridized carbons (Fsp3) is 0.400. The number of ether oxygens (including phenoxy) is 1. The van der Waals surface area contributed by atoms with Crippen LogP contribution < -0.4 is 0 Å². The lowest BCUT2D eigenvalue weighted by molar-refractivity contribution is -0.141. The van der Waals surface area contributed by atoms with Gasteiger partial charge < -0.3 is 14.7 Å². The van der Waals surface area contributed by atoms with Crippen molar-refractivity contribution in [2.45, 2.75) is 13.3 Å². The number of methoxy groups -OCH3 is 1. The van der Waals surface area contributed by atoms with E-state index in [1.165, 1.54) is 24.4 Å². The maximum absolute atomic E-state index is 12.5. The lowest BCUT2D eigenvalue weighted by Gasteiger charge is -2.19. The van der Waals surface area contributed by atoms with Crippen LogP contribution in [0.2, 0.25) is 0 Å². The minimum Gasteiger partial charge on any atom is -0.468 e. The quantitative estimate of drug-likeness (QED) is 0.629. The van der Waals surface area contributed by atoms with Crippen molar-refractivity contribution in [2.75, 3.05) is 26.8 Å². The number of aromatic nitrogens is 1. The van der Waals surface area contributed by atoms with E-state index in [-0.39, 0.29) is 19.1 Å². The molecular weight excluding hydrogens is 272 g/mol. The van der Waals surface area contributed by atoms with Gasteiger partial charge in [0.1, 0.15) is 6.54 Å². The highest BCUT2D eigenvalue weighted by molar-refractivity contribution is 5.98. The molecule has 0 aromatic carbocycles. The number of likely N-dealkylation sites (N-methyl/N-ethyl adjacent to an activating group) is 1. The largest absolute Gasteiger partial charge is 0.468 e. The van der Waals surface area contributed by atoms with Gasteiger partial charge in [-0.25, -0.2) is 0 Å². The number of nitrogens with zero attached hydrogens (tertiary/aromatic N) is 2. The molecule has 0 aliphatic carbocycles. The molecule has 0 aliphatic heterocycles. The Morgan fingerprint density at radius 3 is 2.86 bits per heavy atom. The smallest absolute Gasteiger partial charge is 0.325 e. The summed E-state index contributed by atoms with van der Waals surface area (Å²) in [7, 11) is 1.28. The highest BCUT2D eigenvalue weighted by Gasteiger charge is 2.19. The molecule has 112 valence electrons. The minimum atomic E-state index is -0.479. The summed E-state index contributed by atoms with van der Waals surface area (Å²) in [5.41, 5.74) is 0.848. The highest BCUT2D eigenvalue weighted by atomic mass is 16.5. The van der Waals surface area contributed by atoms with Gasteiger partial charge >= 0.3 is 5.97 Å². The monoisotopic (exact) mass is 290 g/mol. The van der Waals surface area contributed by atoms with Gasteiger partial charge in [-0.2, -0.15) is 0 Å². The van der Waals surface area contributed by atoms with E-state index in [9.17, 15) is 9.59 Å². The fourth-order valence-corrected chi connectivity index (χ4v) is 1.61. The molecule has 6 heteroatoms. The number of rotatable bonds is 5. The van der Waals surface area contributed by atoms with Crippen LogP contribution in [0.25, 0.3) is 0 Å². The van der Waals surface area contributed by atoms with E-state index < -0.39 is 5.97 Å². The maximum Gasteiger partial charge on any atom is 0.325 e. The van der Waals surface area contributed by atoms with Crippen LogP contribution in [-0.2, 0) is 9.53 Å². The number of aliphatic hydroxyl groups is 1. The third-order valence-corrected chi connectivity index (χ3v) is 2.73. The van der Waals surface area contributed by atoms with E-state index in [1.54, 1.807) is 13.0 Å². The third kappa shape index (κ3) is 4.89. The average Bonchev–Trinajstić information content (AvgIpc) is 2.52. The van der Waals surface area contributed by atoms with E-state index >= 15 is 0 Å². The average molecular weight is 290 g/mol. The van der Waals surface area contributed by atoms with E-state index in [4.69, 9.17) is 5.11 Å². The van der Waals surface area contributed by atoms with Crippen LogP contribution in [0, 0.1) is 11.8 Å². The van der Waals surface area contributed by atoms with Crippen LogP contribution in [0.5, 0.6) is 0 Å². The summed E-state index contributed by atoms with van der Waals surface area (Å²) < 4.78 is 4.58. The van der Waals surface area contributed by atoms with Crippen LogP contribution in [0.15, 0.2) is 18.5 Å². The van der Waals surface area contributed by atoms with Gasteiger partial charge in [-0.05, 0) is 13.0 Å². The van der Waals surface area contributed by atoms with Gasteiger partial charge in [-0.15, -0.1) is 0 Å². The second-order valence-electron chi connectivity index (χ2n) is 4.09. The molecule has 0 bridgehead atoms. The zero-order valence-corrected chi connectivity index (χ0v) is 12.1. The predicted molar refractivity (Wildman–Crippen MR) is 76.4 cm³/mol. The van der Waals surface area contributed by atoms with E-state index in [1.807, 2.05) is 0 Å². The number of carbonyl (C=O) groups is 2. The number of esters is 1. The Kier molecular flexibility index (Phi) is 6.92. The van der Waals surface area contributed by atoms with Crippen molar-refractivity contribution in [3.63, 3.8) is 0 Å². The lowest BCUT2D eigenvalue weighted by atomic mass is 10.1. The van der Waals surface area contributed by atoms with Crippen LogP contribution in [0.3, 0.4) is 0 Å².